The summed E-state index contributed by atoms with van der Waals surface area (Å²) in [4.78, 5) is 0.226. The number of rotatable bonds is 7. The van der Waals surface area contributed by atoms with Gasteiger partial charge in [0.2, 0.25) is 10.0 Å². The van der Waals surface area contributed by atoms with Gasteiger partial charge in [0.15, 0.2) is 0 Å². The molecule has 6 heteroatoms. The quantitative estimate of drug-likeness (QED) is 0.687. The topological polar surface area (TPSA) is 64.6 Å². The lowest BCUT2D eigenvalue weighted by atomic mass is 10.1. The Balaban J connectivity index is 1.83. The van der Waals surface area contributed by atoms with Crippen molar-refractivity contribution in [3.63, 3.8) is 0 Å². The normalized spacial score (nSPS) is 11.5. The van der Waals surface area contributed by atoms with Gasteiger partial charge in [0.1, 0.15) is 11.5 Å². The van der Waals surface area contributed by atoms with E-state index in [0.717, 1.165) is 22.1 Å². The van der Waals surface area contributed by atoms with Crippen molar-refractivity contribution in [2.24, 2.45) is 0 Å². The molecule has 0 amide bonds. The molecular weight excluding hydrogens is 350 g/mol. The molecule has 1 N–H and O–H groups in total. The summed E-state index contributed by atoms with van der Waals surface area (Å²) in [5.41, 5.74) is 0.795. The molecule has 0 bridgehead atoms. The molecule has 0 unspecified atom stereocenters. The SMILES string of the molecule is CCOc1ccccc1CNS(=O)(=O)c1ccc2cc(OC)ccc2c1. The number of hydrogen-bond acceptors (Lipinski definition) is 4. The second-order valence-corrected chi connectivity index (χ2v) is 7.51. The maximum atomic E-state index is 12.7. The lowest BCUT2D eigenvalue weighted by Gasteiger charge is -2.12. The third-order valence-corrected chi connectivity index (χ3v) is 5.45. The summed E-state index contributed by atoms with van der Waals surface area (Å²) >= 11 is 0. The van der Waals surface area contributed by atoms with Gasteiger partial charge in [-0.3, -0.25) is 0 Å². The number of fused-ring (bicyclic) bond motifs is 1. The second-order valence-electron chi connectivity index (χ2n) is 5.74. The Morgan fingerprint density at radius 3 is 2.46 bits per heavy atom. The average molecular weight is 371 g/mol. The van der Waals surface area contributed by atoms with Crippen molar-refractivity contribution in [2.75, 3.05) is 13.7 Å². The standard InChI is InChI=1S/C20H21NO4S/c1-3-25-20-7-5-4-6-17(20)14-21-26(22,23)19-11-9-15-12-18(24-2)10-8-16(15)13-19/h4-13,21H,3,14H2,1-2H3. The van der Waals surface area contributed by atoms with Crippen LogP contribution in [0.25, 0.3) is 10.8 Å². The molecule has 26 heavy (non-hydrogen) atoms. The van der Waals surface area contributed by atoms with Crippen molar-refractivity contribution in [1.29, 1.82) is 0 Å². The first-order valence-corrected chi connectivity index (χ1v) is 9.80. The molecule has 3 aromatic carbocycles. The summed E-state index contributed by atoms with van der Waals surface area (Å²) in [6, 6.07) is 18.0. The van der Waals surface area contributed by atoms with Gasteiger partial charge in [-0.2, -0.15) is 0 Å². The number of nitrogens with one attached hydrogen (secondary N) is 1. The van der Waals surface area contributed by atoms with E-state index in [1.165, 1.54) is 0 Å². The highest BCUT2D eigenvalue weighted by atomic mass is 32.2. The van der Waals surface area contributed by atoms with Crippen molar-refractivity contribution < 1.29 is 17.9 Å². The molecule has 5 nitrogen and oxygen atoms in total. The van der Waals surface area contributed by atoms with Gasteiger partial charge in [0.25, 0.3) is 0 Å². The molecule has 3 rings (SSSR count). The molecule has 0 aromatic heterocycles. The molecule has 0 aliphatic heterocycles. The van der Waals surface area contributed by atoms with E-state index < -0.39 is 10.0 Å². The molecule has 0 aliphatic rings. The highest BCUT2D eigenvalue weighted by Gasteiger charge is 2.15. The van der Waals surface area contributed by atoms with Crippen molar-refractivity contribution >= 4 is 20.8 Å². The van der Waals surface area contributed by atoms with Crippen LogP contribution in [0, 0.1) is 0 Å². The summed E-state index contributed by atoms with van der Waals surface area (Å²) in [5.74, 6) is 1.42. The van der Waals surface area contributed by atoms with E-state index >= 15 is 0 Å². The van der Waals surface area contributed by atoms with E-state index in [0.29, 0.717) is 12.4 Å². The number of methoxy groups -OCH3 is 1. The van der Waals surface area contributed by atoms with Crippen molar-refractivity contribution in [2.45, 2.75) is 18.4 Å². The van der Waals surface area contributed by atoms with Gasteiger partial charge in [-0.25, -0.2) is 13.1 Å². The Morgan fingerprint density at radius 2 is 1.69 bits per heavy atom. The van der Waals surface area contributed by atoms with Crippen molar-refractivity contribution in [1.82, 2.24) is 4.72 Å². The molecule has 3 aromatic rings. The van der Waals surface area contributed by atoms with Crippen LogP contribution >= 0.6 is 0 Å². The Labute approximate surface area is 153 Å². The van der Waals surface area contributed by atoms with Crippen LogP contribution in [-0.2, 0) is 16.6 Å². The minimum absolute atomic E-state index is 0.166. The first-order chi connectivity index (χ1) is 12.5. The molecular formula is C20H21NO4S. The monoisotopic (exact) mass is 371 g/mol. The van der Waals surface area contributed by atoms with Gasteiger partial charge < -0.3 is 9.47 Å². The molecule has 0 saturated heterocycles. The first kappa shape index (κ1) is 18.2. The zero-order valence-corrected chi connectivity index (χ0v) is 15.5. The predicted molar refractivity (Wildman–Crippen MR) is 102 cm³/mol. The van der Waals surface area contributed by atoms with Crippen LogP contribution < -0.4 is 14.2 Å². The highest BCUT2D eigenvalue weighted by molar-refractivity contribution is 7.89. The summed E-state index contributed by atoms with van der Waals surface area (Å²) < 4.78 is 38.7. The van der Waals surface area contributed by atoms with E-state index in [1.807, 2.05) is 49.4 Å². The number of hydrogen-bond donors (Lipinski definition) is 1. The largest absolute Gasteiger partial charge is 0.497 e. The van der Waals surface area contributed by atoms with E-state index in [9.17, 15) is 8.42 Å². The van der Waals surface area contributed by atoms with Gasteiger partial charge in [0.05, 0.1) is 18.6 Å². The first-order valence-electron chi connectivity index (χ1n) is 8.31. The van der Waals surface area contributed by atoms with Gasteiger partial charge in [0, 0.05) is 12.1 Å². The molecule has 0 atom stereocenters. The number of benzene rings is 3. The van der Waals surface area contributed by atoms with Crippen molar-refractivity contribution in [3.8, 4) is 11.5 Å². The second kappa shape index (κ2) is 7.76. The fourth-order valence-electron chi connectivity index (χ4n) is 2.70. The smallest absolute Gasteiger partial charge is 0.240 e. The van der Waals surface area contributed by atoms with E-state index in [2.05, 4.69) is 4.72 Å². The lowest BCUT2D eigenvalue weighted by Crippen LogP contribution is -2.23. The summed E-state index contributed by atoms with van der Waals surface area (Å²) in [6.07, 6.45) is 0. The maximum Gasteiger partial charge on any atom is 0.240 e. The van der Waals surface area contributed by atoms with Crippen LogP contribution in [0.2, 0.25) is 0 Å². The Hall–Kier alpha value is -2.57. The predicted octanol–water partition coefficient (Wildman–Crippen LogP) is 3.73. The maximum absolute atomic E-state index is 12.7. The van der Waals surface area contributed by atoms with E-state index in [4.69, 9.17) is 9.47 Å². The zero-order chi connectivity index (χ0) is 18.6. The molecule has 0 heterocycles. The molecule has 0 spiro atoms. The molecule has 0 radical (unpaired) electrons. The minimum atomic E-state index is -3.63. The van der Waals surface area contributed by atoms with Crippen LogP contribution in [0.1, 0.15) is 12.5 Å². The van der Waals surface area contributed by atoms with Gasteiger partial charge >= 0.3 is 0 Å². The average Bonchev–Trinajstić information content (AvgIpc) is 2.66. The number of para-hydroxylation sites is 1. The number of ether oxygens (including phenoxy) is 2. The fourth-order valence-corrected chi connectivity index (χ4v) is 3.74. The van der Waals surface area contributed by atoms with Crippen LogP contribution in [0.4, 0.5) is 0 Å². The van der Waals surface area contributed by atoms with Crippen LogP contribution in [0.3, 0.4) is 0 Å². The van der Waals surface area contributed by atoms with Crippen molar-refractivity contribution in [3.05, 3.63) is 66.2 Å². The van der Waals surface area contributed by atoms with E-state index in [-0.39, 0.29) is 11.4 Å². The van der Waals surface area contributed by atoms with Gasteiger partial charge in [-0.05, 0) is 48.0 Å². The molecule has 0 fully saturated rings. The molecule has 0 aliphatic carbocycles. The Kier molecular flexibility index (Phi) is 5.44. The Bertz CT molecular complexity index is 1020. The van der Waals surface area contributed by atoms with Crippen LogP contribution in [-0.4, -0.2) is 22.1 Å². The van der Waals surface area contributed by atoms with Gasteiger partial charge in [-0.15, -0.1) is 0 Å². The summed E-state index contributed by atoms with van der Waals surface area (Å²) in [6.45, 7) is 2.59. The minimum Gasteiger partial charge on any atom is -0.497 e. The summed E-state index contributed by atoms with van der Waals surface area (Å²) in [7, 11) is -2.03. The van der Waals surface area contributed by atoms with Gasteiger partial charge in [-0.1, -0.05) is 30.3 Å². The third kappa shape index (κ3) is 3.98. The molecule has 0 saturated carbocycles. The highest BCUT2D eigenvalue weighted by Crippen LogP contribution is 2.24. The Morgan fingerprint density at radius 1 is 0.962 bits per heavy atom. The zero-order valence-electron chi connectivity index (χ0n) is 14.7. The summed E-state index contributed by atoms with van der Waals surface area (Å²) in [5, 5.41) is 1.76. The van der Waals surface area contributed by atoms with Crippen LogP contribution in [0.5, 0.6) is 11.5 Å². The van der Waals surface area contributed by atoms with Crippen LogP contribution in [0.15, 0.2) is 65.6 Å². The number of sulfonamides is 1. The molecule has 136 valence electrons. The third-order valence-electron chi connectivity index (χ3n) is 4.05. The lowest BCUT2D eigenvalue weighted by molar-refractivity contribution is 0.336. The fraction of sp³-hybridized carbons (Fsp3) is 0.200. The van der Waals surface area contributed by atoms with E-state index in [1.54, 1.807) is 25.3 Å².